The van der Waals surface area contributed by atoms with E-state index in [4.69, 9.17) is 0 Å². The summed E-state index contributed by atoms with van der Waals surface area (Å²) in [6, 6.07) is 93.0. The van der Waals surface area contributed by atoms with Crippen LogP contribution >= 0.6 is 0 Å². The van der Waals surface area contributed by atoms with Crippen LogP contribution in [0, 0.1) is 0 Å². The van der Waals surface area contributed by atoms with E-state index in [0.717, 1.165) is 0 Å². The molecule has 0 aliphatic heterocycles. The zero-order chi connectivity index (χ0) is 46.2. The molecule has 8 rings (SSSR count). The quantitative estimate of drug-likeness (QED) is 0.0668. The molecule has 0 heterocycles. The molecule has 67 heavy (non-hydrogen) atoms. The SMILES string of the molecule is CCCC[As-](CCCC)(c1ccccc1)(c1ccccc1)(c1ccccc1)c1ccccc1.CCCC[As-](CCCC)(c1ccccc1)(c1ccccc1)(c1ccccc1)c1ccccc1.[Mg+2]. The Morgan fingerprint density at radius 3 is 0.433 bits per heavy atom. The van der Waals surface area contributed by atoms with Crippen molar-refractivity contribution in [2.75, 3.05) is 0 Å². The van der Waals surface area contributed by atoms with E-state index in [2.05, 4.69) is 270 Å². The van der Waals surface area contributed by atoms with Gasteiger partial charge in [0.1, 0.15) is 0 Å². The second-order valence-corrected chi connectivity index (χ2v) is 49.9. The molecule has 0 aliphatic carbocycles. The van der Waals surface area contributed by atoms with Crippen LogP contribution in [0.1, 0.15) is 79.1 Å². The van der Waals surface area contributed by atoms with Crippen LogP contribution in [0.2, 0.25) is 20.8 Å². The summed E-state index contributed by atoms with van der Waals surface area (Å²) >= 11 is -9.03. The van der Waals surface area contributed by atoms with Gasteiger partial charge >= 0.3 is 423 Å². The van der Waals surface area contributed by atoms with E-state index in [0.29, 0.717) is 0 Å². The van der Waals surface area contributed by atoms with E-state index in [1.165, 1.54) is 72.2 Å². The minimum Gasteiger partial charge on any atom is 2.00 e. The number of hydrogen-bond acceptors (Lipinski definition) is 0. The van der Waals surface area contributed by atoms with Gasteiger partial charge in [0.25, 0.3) is 0 Å². The van der Waals surface area contributed by atoms with Crippen LogP contribution in [0.4, 0.5) is 0 Å². The van der Waals surface area contributed by atoms with Crippen molar-refractivity contribution in [1.29, 1.82) is 0 Å². The Morgan fingerprint density at radius 1 is 0.209 bits per heavy atom. The molecular weight excluding hydrogens is 943 g/mol. The van der Waals surface area contributed by atoms with Crippen LogP contribution in [0.3, 0.4) is 0 Å². The van der Waals surface area contributed by atoms with E-state index >= 15 is 0 Å². The predicted molar refractivity (Wildman–Crippen MR) is 305 cm³/mol. The molecule has 8 aromatic rings. The van der Waals surface area contributed by atoms with Crippen molar-refractivity contribution >= 4 is 80.6 Å². The third-order valence-corrected chi connectivity index (χ3v) is 59.6. The van der Waals surface area contributed by atoms with Crippen molar-refractivity contribution in [3.8, 4) is 0 Å². The molecule has 0 atom stereocenters. The summed E-state index contributed by atoms with van der Waals surface area (Å²) in [7, 11) is 0. The Morgan fingerprint density at radius 2 is 0.328 bits per heavy atom. The zero-order valence-corrected chi connectivity index (χ0v) is 46.3. The topological polar surface area (TPSA) is 0 Å². The molecule has 0 bridgehead atoms. The molecule has 0 saturated carbocycles. The van der Waals surface area contributed by atoms with E-state index in [9.17, 15) is 0 Å². The molecule has 0 amide bonds. The van der Waals surface area contributed by atoms with Crippen LogP contribution in [0.15, 0.2) is 243 Å². The number of unbranched alkanes of at least 4 members (excludes halogenated alkanes) is 4. The van der Waals surface area contributed by atoms with Gasteiger partial charge in [-0.1, -0.05) is 0 Å². The summed E-state index contributed by atoms with van der Waals surface area (Å²) in [5.74, 6) is 0. The Hall–Kier alpha value is -4.36. The summed E-state index contributed by atoms with van der Waals surface area (Å²) in [5.41, 5.74) is 0. The van der Waals surface area contributed by atoms with Crippen LogP contribution in [0.25, 0.3) is 0 Å². The molecule has 0 spiro atoms. The van der Waals surface area contributed by atoms with Gasteiger partial charge < -0.3 is 0 Å². The summed E-state index contributed by atoms with van der Waals surface area (Å²) in [4.78, 5) is 0. The first-order chi connectivity index (χ1) is 32.4. The largest absolute Gasteiger partial charge is 2.00 e. The van der Waals surface area contributed by atoms with Gasteiger partial charge in [0.2, 0.25) is 0 Å². The maximum absolute atomic E-state index is 4.52. The molecule has 0 aromatic heterocycles. The molecule has 3 heteroatoms. The van der Waals surface area contributed by atoms with Gasteiger partial charge in [-0.05, 0) is 0 Å². The first-order valence-electron chi connectivity index (χ1n) is 25.2. The number of benzene rings is 8. The summed E-state index contributed by atoms with van der Waals surface area (Å²) < 4.78 is 12.4. The fourth-order valence-electron chi connectivity index (χ4n) is 13.3. The van der Waals surface area contributed by atoms with Crippen molar-refractivity contribution in [2.45, 2.75) is 99.9 Å². The monoisotopic (exact) mass is 1020 g/mol. The third kappa shape index (κ3) is 7.80. The second kappa shape index (κ2) is 21.9. The van der Waals surface area contributed by atoms with Crippen molar-refractivity contribution in [3.63, 3.8) is 0 Å². The molecular formula is C64H76As2Mg. The maximum Gasteiger partial charge on any atom is 2.00 e. The van der Waals surface area contributed by atoms with Crippen molar-refractivity contribution in [1.82, 2.24) is 0 Å². The molecule has 0 N–H and O–H groups in total. The molecule has 0 unspecified atom stereocenters. The average molecular weight is 1020 g/mol. The van der Waals surface area contributed by atoms with Crippen molar-refractivity contribution in [2.24, 2.45) is 0 Å². The van der Waals surface area contributed by atoms with Gasteiger partial charge in [0.15, 0.2) is 0 Å². The second-order valence-electron chi connectivity index (χ2n) is 19.3. The van der Waals surface area contributed by atoms with E-state index in [1.54, 1.807) is 34.8 Å². The van der Waals surface area contributed by atoms with Gasteiger partial charge in [-0.15, -0.1) is 0 Å². The van der Waals surface area contributed by atoms with Gasteiger partial charge in [0, 0.05) is 0 Å². The third-order valence-electron chi connectivity index (χ3n) is 16.5. The Balaban J connectivity index is 0.000000218. The number of rotatable bonds is 20. The maximum atomic E-state index is 2.46. The first kappa shape index (κ1) is 52.0. The fraction of sp³-hybridized carbons (Fsp3) is 0.250. The summed E-state index contributed by atoms with van der Waals surface area (Å²) in [5, 5.41) is 4.79. The smallest absolute Gasteiger partial charge is 2.00 e. The summed E-state index contributed by atoms with van der Waals surface area (Å²) in [6.07, 6.45) is 9.57. The van der Waals surface area contributed by atoms with Gasteiger partial charge in [-0.25, -0.2) is 0 Å². The van der Waals surface area contributed by atoms with Gasteiger partial charge in [-0.3, -0.25) is 0 Å². The van der Waals surface area contributed by atoms with E-state index < -0.39 is 22.7 Å². The Kier molecular flexibility index (Phi) is 17.0. The van der Waals surface area contributed by atoms with Crippen LogP contribution in [-0.2, 0) is 0 Å². The molecule has 0 aliphatic rings. The standard InChI is InChI=1S/2C32H38As.Mg/c2*1-3-5-27-33(28-6-4-2,29-19-11-7-12-20-29,30-21-13-8-14-22-30,31-23-15-9-16-24-31)32-25-17-10-18-26-32;/h2*7-26H,3-6,27-28H2,1-2H3;/q2*-1;+2. The molecule has 8 aromatic carbocycles. The van der Waals surface area contributed by atoms with Crippen LogP contribution in [-0.4, -0.2) is 45.8 Å². The molecule has 0 radical (unpaired) electrons. The molecule has 0 nitrogen and oxygen atoms in total. The summed E-state index contributed by atoms with van der Waals surface area (Å²) in [6.45, 7) is 9.38. The zero-order valence-electron chi connectivity index (χ0n) is 41.2. The first-order valence-corrected chi connectivity index (χ1v) is 38.0. The van der Waals surface area contributed by atoms with Crippen LogP contribution in [0.5, 0.6) is 0 Å². The molecule has 344 valence electrons. The minimum atomic E-state index is -4.52. The van der Waals surface area contributed by atoms with Crippen molar-refractivity contribution in [3.05, 3.63) is 243 Å². The molecule has 0 saturated heterocycles. The fourth-order valence-corrected chi connectivity index (χ4v) is 57.7. The number of hydrogen-bond donors (Lipinski definition) is 0. The van der Waals surface area contributed by atoms with Crippen LogP contribution < -0.4 is 34.8 Å². The van der Waals surface area contributed by atoms with E-state index in [-0.39, 0.29) is 23.1 Å². The minimum absolute atomic E-state index is 0. The Labute approximate surface area is 419 Å². The molecule has 0 fully saturated rings. The van der Waals surface area contributed by atoms with Gasteiger partial charge in [0.05, 0.1) is 0 Å². The average Bonchev–Trinajstić information content (AvgIpc) is 3.42. The predicted octanol–water partition coefficient (Wildman–Crippen LogP) is 12.8. The van der Waals surface area contributed by atoms with Crippen molar-refractivity contribution < 1.29 is 0 Å². The van der Waals surface area contributed by atoms with E-state index in [1.807, 2.05) is 0 Å². The van der Waals surface area contributed by atoms with Gasteiger partial charge in [-0.2, -0.15) is 0 Å². The normalized spacial score (nSPS) is 13.6. The Bertz CT molecular complexity index is 2120.